The number of nitrogens with two attached hydrogens (primary N) is 1. The summed E-state index contributed by atoms with van der Waals surface area (Å²) in [5.41, 5.74) is 2.33. The molecule has 2 rings (SSSR count). The summed E-state index contributed by atoms with van der Waals surface area (Å²) in [6, 6.07) is 4.15. The highest BCUT2D eigenvalue weighted by Gasteiger charge is 1.95. The van der Waals surface area contributed by atoms with Gasteiger partial charge in [-0.25, -0.2) is 4.98 Å². The summed E-state index contributed by atoms with van der Waals surface area (Å²) in [6.07, 6.45) is 5.89. The molecule has 0 amide bonds. The lowest BCUT2D eigenvalue weighted by molar-refractivity contribution is -0.643. The molecule has 0 aliphatic rings. The Kier molecular flexibility index (Phi) is 1.80. The number of quaternary nitrogens is 1. The number of hydrogen-bond donors (Lipinski definition) is 1. The number of rotatable bonds is 2. The van der Waals surface area contributed by atoms with Crippen molar-refractivity contribution in [3.8, 4) is 0 Å². The third kappa shape index (κ3) is 1.19. The molecule has 2 aromatic heterocycles. The molecule has 0 aromatic carbocycles. The fourth-order valence-corrected chi connectivity index (χ4v) is 1.32. The lowest BCUT2D eigenvalue weighted by atomic mass is 10.3. The smallest absolute Gasteiger partial charge is 0.136 e. The van der Waals surface area contributed by atoms with Crippen LogP contribution in [-0.4, -0.2) is 16.4 Å². The zero-order valence-corrected chi connectivity index (χ0v) is 7.07. The van der Waals surface area contributed by atoms with Crippen molar-refractivity contribution in [3.63, 3.8) is 0 Å². The first-order valence-corrected chi connectivity index (χ1v) is 4.09. The zero-order chi connectivity index (χ0) is 8.39. The molecule has 0 saturated heterocycles. The van der Waals surface area contributed by atoms with E-state index >= 15 is 0 Å². The van der Waals surface area contributed by atoms with E-state index < -0.39 is 0 Å². The van der Waals surface area contributed by atoms with Gasteiger partial charge >= 0.3 is 0 Å². The summed E-state index contributed by atoms with van der Waals surface area (Å²) in [7, 11) is 2.07. The fourth-order valence-electron chi connectivity index (χ4n) is 1.32. The second-order valence-corrected chi connectivity index (χ2v) is 2.84. The van der Waals surface area contributed by atoms with Crippen molar-refractivity contribution in [2.24, 2.45) is 0 Å². The van der Waals surface area contributed by atoms with Crippen molar-refractivity contribution < 1.29 is 5.32 Å². The van der Waals surface area contributed by atoms with Gasteiger partial charge in [0, 0.05) is 24.2 Å². The molecule has 62 valence electrons. The highest BCUT2D eigenvalue weighted by molar-refractivity contribution is 5.39. The molecule has 0 aliphatic heterocycles. The van der Waals surface area contributed by atoms with Crippen LogP contribution in [0.2, 0.25) is 0 Å². The lowest BCUT2D eigenvalue weighted by Crippen LogP contribution is -2.77. The Morgan fingerprint density at radius 1 is 1.50 bits per heavy atom. The number of imidazole rings is 1. The predicted octanol–water partition coefficient (Wildman–Crippen LogP) is 0.0275. The average molecular weight is 162 g/mol. The molecule has 0 radical (unpaired) electrons. The maximum absolute atomic E-state index is 4.17. The Bertz CT molecular complexity index is 378. The maximum atomic E-state index is 4.17. The number of aromatic nitrogens is 2. The van der Waals surface area contributed by atoms with E-state index in [-0.39, 0.29) is 0 Å². The molecule has 3 nitrogen and oxygen atoms in total. The van der Waals surface area contributed by atoms with Gasteiger partial charge in [0.25, 0.3) is 0 Å². The van der Waals surface area contributed by atoms with E-state index in [1.165, 1.54) is 5.56 Å². The quantitative estimate of drug-likeness (QED) is 0.664. The zero-order valence-electron chi connectivity index (χ0n) is 7.07. The van der Waals surface area contributed by atoms with Crippen molar-refractivity contribution in [1.82, 2.24) is 9.38 Å². The molecule has 2 heterocycles. The van der Waals surface area contributed by atoms with Crippen LogP contribution in [0, 0.1) is 0 Å². The summed E-state index contributed by atoms with van der Waals surface area (Å²) in [4.78, 5) is 4.17. The van der Waals surface area contributed by atoms with Crippen LogP contribution in [0.15, 0.2) is 30.7 Å². The minimum atomic E-state index is 1.01. The van der Waals surface area contributed by atoms with E-state index in [9.17, 15) is 0 Å². The van der Waals surface area contributed by atoms with E-state index in [0.29, 0.717) is 0 Å². The molecule has 0 atom stereocenters. The Morgan fingerprint density at radius 2 is 2.42 bits per heavy atom. The predicted molar refractivity (Wildman–Crippen MR) is 46.7 cm³/mol. The van der Waals surface area contributed by atoms with E-state index in [0.717, 1.165) is 12.2 Å². The maximum Gasteiger partial charge on any atom is 0.136 e. The monoisotopic (exact) mass is 162 g/mol. The number of pyridine rings is 1. The van der Waals surface area contributed by atoms with E-state index in [2.05, 4.69) is 29.6 Å². The van der Waals surface area contributed by atoms with E-state index in [4.69, 9.17) is 0 Å². The second-order valence-electron chi connectivity index (χ2n) is 2.84. The molecule has 0 fully saturated rings. The molecule has 3 heteroatoms. The minimum Gasteiger partial charge on any atom is -0.345 e. The van der Waals surface area contributed by atoms with Gasteiger partial charge in [-0.2, -0.15) is 0 Å². The van der Waals surface area contributed by atoms with Crippen molar-refractivity contribution in [2.75, 3.05) is 7.05 Å². The summed E-state index contributed by atoms with van der Waals surface area (Å²) in [5.74, 6) is 0. The molecule has 0 bridgehead atoms. The standard InChI is InChI=1S/C9H11N3/c1-10-6-8-2-3-9-11-4-5-12(9)7-8/h2-5,7,10H,6H2,1H3/p+1. The number of hydrogen-bond acceptors (Lipinski definition) is 1. The third-order valence-corrected chi connectivity index (χ3v) is 1.89. The molecule has 2 aromatic rings. The van der Waals surface area contributed by atoms with Crippen LogP contribution in [0.5, 0.6) is 0 Å². The molecule has 0 saturated carbocycles. The van der Waals surface area contributed by atoms with E-state index in [1.54, 1.807) is 0 Å². The van der Waals surface area contributed by atoms with Crippen molar-refractivity contribution in [1.29, 1.82) is 0 Å². The van der Waals surface area contributed by atoms with Crippen LogP contribution in [0.25, 0.3) is 5.65 Å². The largest absolute Gasteiger partial charge is 0.345 e. The minimum absolute atomic E-state index is 1.01. The fraction of sp³-hybridized carbons (Fsp3) is 0.222. The molecular weight excluding hydrogens is 150 g/mol. The number of nitrogens with zero attached hydrogens (tertiary/aromatic N) is 2. The van der Waals surface area contributed by atoms with Gasteiger partial charge < -0.3 is 9.72 Å². The van der Waals surface area contributed by atoms with Crippen LogP contribution in [0.4, 0.5) is 0 Å². The molecule has 12 heavy (non-hydrogen) atoms. The highest BCUT2D eigenvalue weighted by atomic mass is 15.0. The second kappa shape index (κ2) is 2.95. The summed E-state index contributed by atoms with van der Waals surface area (Å²) < 4.78 is 2.04. The first-order valence-electron chi connectivity index (χ1n) is 4.09. The van der Waals surface area contributed by atoms with Crippen LogP contribution in [0.3, 0.4) is 0 Å². The van der Waals surface area contributed by atoms with Gasteiger partial charge in [-0.15, -0.1) is 0 Å². The molecule has 0 spiro atoms. The first-order chi connectivity index (χ1) is 5.90. The summed E-state index contributed by atoms with van der Waals surface area (Å²) >= 11 is 0. The third-order valence-electron chi connectivity index (χ3n) is 1.89. The van der Waals surface area contributed by atoms with Crippen LogP contribution in [-0.2, 0) is 6.54 Å². The lowest BCUT2D eigenvalue weighted by Gasteiger charge is -1.98. The Hall–Kier alpha value is -1.35. The Morgan fingerprint density at radius 3 is 3.25 bits per heavy atom. The van der Waals surface area contributed by atoms with Gasteiger partial charge in [-0.05, 0) is 12.1 Å². The van der Waals surface area contributed by atoms with Crippen LogP contribution >= 0.6 is 0 Å². The number of fused-ring (bicyclic) bond motifs is 1. The molecule has 0 unspecified atom stereocenters. The van der Waals surface area contributed by atoms with Gasteiger partial charge in [0.1, 0.15) is 12.2 Å². The van der Waals surface area contributed by atoms with Crippen LogP contribution < -0.4 is 5.32 Å². The van der Waals surface area contributed by atoms with Gasteiger partial charge in [0.2, 0.25) is 0 Å². The summed E-state index contributed by atoms with van der Waals surface area (Å²) in [5, 5.41) is 2.15. The van der Waals surface area contributed by atoms with Crippen LogP contribution in [0.1, 0.15) is 5.56 Å². The van der Waals surface area contributed by atoms with Crippen molar-refractivity contribution in [3.05, 3.63) is 36.3 Å². The average Bonchev–Trinajstić information content (AvgIpc) is 2.51. The van der Waals surface area contributed by atoms with Gasteiger partial charge in [-0.3, -0.25) is 0 Å². The van der Waals surface area contributed by atoms with Gasteiger partial charge in [-0.1, -0.05) is 0 Å². The SMILES string of the molecule is C[NH2+]Cc1ccc2nccn2c1. The Labute approximate surface area is 71.0 Å². The van der Waals surface area contributed by atoms with Crippen molar-refractivity contribution >= 4 is 5.65 Å². The normalized spacial score (nSPS) is 10.8. The van der Waals surface area contributed by atoms with E-state index in [1.807, 2.05) is 22.9 Å². The van der Waals surface area contributed by atoms with Gasteiger partial charge in [0.15, 0.2) is 0 Å². The first kappa shape index (κ1) is 7.31. The molecular formula is C9H12N3+. The topological polar surface area (TPSA) is 33.9 Å². The Balaban J connectivity index is 2.46. The highest BCUT2D eigenvalue weighted by Crippen LogP contribution is 2.02. The summed E-state index contributed by atoms with van der Waals surface area (Å²) in [6.45, 7) is 1.02. The van der Waals surface area contributed by atoms with Crippen molar-refractivity contribution in [2.45, 2.75) is 6.54 Å². The molecule has 2 N–H and O–H groups in total. The van der Waals surface area contributed by atoms with Gasteiger partial charge in [0.05, 0.1) is 7.05 Å². The molecule has 0 aliphatic carbocycles.